The highest BCUT2D eigenvalue weighted by Crippen LogP contribution is 2.15. The number of nitrogens with zero attached hydrogens (tertiary/aromatic N) is 2. The third-order valence-corrected chi connectivity index (χ3v) is 3.86. The van der Waals surface area contributed by atoms with Crippen LogP contribution in [0.1, 0.15) is 45.1 Å². The molecule has 1 aromatic rings. The fourth-order valence-electron chi connectivity index (χ4n) is 2.53. The van der Waals surface area contributed by atoms with Gasteiger partial charge in [0.15, 0.2) is 0 Å². The molecule has 25 heavy (non-hydrogen) atoms. The van der Waals surface area contributed by atoms with Crippen molar-refractivity contribution in [2.75, 3.05) is 19.7 Å². The predicted octanol–water partition coefficient (Wildman–Crippen LogP) is 2.33. The summed E-state index contributed by atoms with van der Waals surface area (Å²) in [6, 6.07) is 9.83. The average molecular weight is 345 g/mol. The highest BCUT2D eigenvalue weighted by molar-refractivity contribution is 6.04. The first-order chi connectivity index (χ1) is 12.1. The first-order valence-corrected chi connectivity index (χ1v) is 8.88. The van der Waals surface area contributed by atoms with Crippen LogP contribution >= 0.6 is 0 Å². The number of ether oxygens (including phenoxy) is 1. The number of benzene rings is 1. The molecule has 0 saturated carbocycles. The van der Waals surface area contributed by atoms with Crippen molar-refractivity contribution in [1.82, 2.24) is 10.3 Å². The van der Waals surface area contributed by atoms with Crippen LogP contribution in [0.25, 0.3) is 0 Å². The zero-order valence-electron chi connectivity index (χ0n) is 15.0. The summed E-state index contributed by atoms with van der Waals surface area (Å²) in [4.78, 5) is 23.9. The molecule has 0 saturated heterocycles. The second-order valence-corrected chi connectivity index (χ2v) is 6.30. The lowest BCUT2D eigenvalue weighted by molar-refractivity contribution is -0.132. The maximum absolute atomic E-state index is 12.0. The maximum atomic E-state index is 12.0. The zero-order chi connectivity index (χ0) is 18.1. The second kappa shape index (κ2) is 9.93. The molecule has 136 valence electrons. The molecule has 6 nitrogen and oxygen atoms in total. The van der Waals surface area contributed by atoms with Crippen LogP contribution in [0, 0.1) is 0 Å². The minimum Gasteiger partial charge on any atom is -0.379 e. The topological polar surface area (TPSA) is 71.0 Å². The van der Waals surface area contributed by atoms with Crippen molar-refractivity contribution in [3.05, 3.63) is 35.9 Å². The van der Waals surface area contributed by atoms with Crippen LogP contribution in [0.2, 0.25) is 0 Å². The van der Waals surface area contributed by atoms with Gasteiger partial charge in [0, 0.05) is 32.4 Å². The van der Waals surface area contributed by atoms with E-state index in [4.69, 9.17) is 4.74 Å². The summed E-state index contributed by atoms with van der Waals surface area (Å²) in [5.74, 6) is -0.0998. The summed E-state index contributed by atoms with van der Waals surface area (Å²) in [5.41, 5.74) is 1.92. The van der Waals surface area contributed by atoms with Crippen LogP contribution in [-0.2, 0) is 14.3 Å². The number of carbonyl (C=O) groups excluding carboxylic acids is 2. The molecule has 1 aliphatic rings. The molecule has 2 amide bonds. The van der Waals surface area contributed by atoms with E-state index in [0.717, 1.165) is 17.7 Å². The zero-order valence-corrected chi connectivity index (χ0v) is 15.0. The van der Waals surface area contributed by atoms with Gasteiger partial charge in [-0.2, -0.15) is 5.10 Å². The number of hydrazone groups is 1. The van der Waals surface area contributed by atoms with E-state index in [0.29, 0.717) is 32.5 Å². The fourth-order valence-corrected chi connectivity index (χ4v) is 2.53. The summed E-state index contributed by atoms with van der Waals surface area (Å²) in [7, 11) is 0. The van der Waals surface area contributed by atoms with Crippen molar-refractivity contribution >= 4 is 17.5 Å². The lowest BCUT2D eigenvalue weighted by atomic mass is 10.0. The van der Waals surface area contributed by atoms with Crippen LogP contribution in [0.3, 0.4) is 0 Å². The molecule has 1 aromatic carbocycles. The molecule has 0 radical (unpaired) electrons. The Labute approximate surface area is 149 Å². The smallest absolute Gasteiger partial charge is 0.243 e. The van der Waals surface area contributed by atoms with Gasteiger partial charge in [-0.15, -0.1) is 0 Å². The number of amides is 2. The Kier molecular flexibility index (Phi) is 7.60. The number of carbonyl (C=O) groups is 2. The van der Waals surface area contributed by atoms with Gasteiger partial charge < -0.3 is 10.1 Å². The Morgan fingerprint density at radius 3 is 2.76 bits per heavy atom. The third-order valence-electron chi connectivity index (χ3n) is 3.86. The van der Waals surface area contributed by atoms with Gasteiger partial charge in [-0.05, 0) is 25.8 Å². The van der Waals surface area contributed by atoms with E-state index in [1.165, 1.54) is 5.01 Å². The Balaban J connectivity index is 1.76. The second-order valence-electron chi connectivity index (χ2n) is 6.30. The highest BCUT2D eigenvalue weighted by atomic mass is 16.5. The van der Waals surface area contributed by atoms with Crippen molar-refractivity contribution in [3.8, 4) is 0 Å². The largest absolute Gasteiger partial charge is 0.379 e. The summed E-state index contributed by atoms with van der Waals surface area (Å²) in [6.45, 7) is 5.49. The fraction of sp³-hybridized carbons (Fsp3) is 0.526. The lowest BCUT2D eigenvalue weighted by Gasteiger charge is -2.23. The van der Waals surface area contributed by atoms with Crippen molar-refractivity contribution in [2.45, 2.75) is 45.6 Å². The number of nitrogens with one attached hydrogen (secondary N) is 1. The maximum Gasteiger partial charge on any atom is 0.243 e. The van der Waals surface area contributed by atoms with Crippen LogP contribution in [0.5, 0.6) is 0 Å². The molecule has 0 atom stereocenters. The number of rotatable bonds is 9. The molecule has 1 N–H and O–H groups in total. The van der Waals surface area contributed by atoms with E-state index < -0.39 is 0 Å². The van der Waals surface area contributed by atoms with Crippen molar-refractivity contribution in [1.29, 1.82) is 0 Å². The average Bonchev–Trinajstić information content (AvgIpc) is 2.61. The monoisotopic (exact) mass is 345 g/mol. The summed E-state index contributed by atoms with van der Waals surface area (Å²) in [5, 5.41) is 8.71. The SMILES string of the molecule is CC(C)OCCCNC(=O)CCN1N=C(c2ccccc2)CCC1=O. The van der Waals surface area contributed by atoms with E-state index in [2.05, 4.69) is 10.4 Å². The first kappa shape index (κ1) is 19.1. The number of hydrogen-bond donors (Lipinski definition) is 1. The molecule has 0 aliphatic carbocycles. The van der Waals surface area contributed by atoms with Gasteiger partial charge in [0.25, 0.3) is 0 Å². The Bertz CT molecular complexity index is 599. The quantitative estimate of drug-likeness (QED) is 0.698. The molecule has 1 aliphatic heterocycles. The summed E-state index contributed by atoms with van der Waals surface area (Å²) >= 11 is 0. The van der Waals surface area contributed by atoms with Crippen LogP contribution < -0.4 is 5.32 Å². The van der Waals surface area contributed by atoms with E-state index in [-0.39, 0.29) is 24.3 Å². The predicted molar refractivity (Wildman–Crippen MR) is 97.3 cm³/mol. The lowest BCUT2D eigenvalue weighted by Crippen LogP contribution is -2.35. The van der Waals surface area contributed by atoms with Crippen LogP contribution in [0.4, 0.5) is 0 Å². The van der Waals surface area contributed by atoms with Gasteiger partial charge in [-0.1, -0.05) is 30.3 Å². The normalized spacial score (nSPS) is 14.6. The molecular formula is C19H27N3O3. The molecule has 0 aromatic heterocycles. The van der Waals surface area contributed by atoms with Crippen LogP contribution in [0.15, 0.2) is 35.4 Å². The highest BCUT2D eigenvalue weighted by Gasteiger charge is 2.21. The van der Waals surface area contributed by atoms with Gasteiger partial charge >= 0.3 is 0 Å². The standard InChI is InChI=1S/C19H27N3O3/c1-15(2)25-14-6-12-20-18(23)11-13-22-19(24)10-9-17(21-22)16-7-4-3-5-8-16/h3-5,7-8,15H,6,9-14H2,1-2H3,(H,20,23). The van der Waals surface area contributed by atoms with E-state index in [1.807, 2.05) is 44.2 Å². The van der Waals surface area contributed by atoms with E-state index in [9.17, 15) is 9.59 Å². The van der Waals surface area contributed by atoms with E-state index in [1.54, 1.807) is 0 Å². The molecule has 2 rings (SSSR count). The summed E-state index contributed by atoms with van der Waals surface area (Å²) in [6.07, 6.45) is 2.31. The Morgan fingerprint density at radius 2 is 2.04 bits per heavy atom. The molecular weight excluding hydrogens is 318 g/mol. The molecule has 6 heteroatoms. The van der Waals surface area contributed by atoms with Crippen molar-refractivity contribution in [3.63, 3.8) is 0 Å². The van der Waals surface area contributed by atoms with Gasteiger partial charge in [0.2, 0.25) is 11.8 Å². The minimum absolute atomic E-state index is 0.0298. The summed E-state index contributed by atoms with van der Waals surface area (Å²) < 4.78 is 5.42. The third kappa shape index (κ3) is 6.66. The van der Waals surface area contributed by atoms with Gasteiger partial charge in [-0.3, -0.25) is 9.59 Å². The molecule has 0 unspecified atom stereocenters. The number of hydrogen-bond acceptors (Lipinski definition) is 4. The van der Waals surface area contributed by atoms with Gasteiger partial charge in [0.1, 0.15) is 0 Å². The molecule has 0 bridgehead atoms. The molecule has 1 heterocycles. The van der Waals surface area contributed by atoms with Crippen LogP contribution in [-0.4, -0.2) is 48.3 Å². The van der Waals surface area contributed by atoms with Crippen molar-refractivity contribution in [2.24, 2.45) is 5.10 Å². The van der Waals surface area contributed by atoms with E-state index >= 15 is 0 Å². The van der Waals surface area contributed by atoms with Gasteiger partial charge in [0.05, 0.1) is 18.4 Å². The van der Waals surface area contributed by atoms with Gasteiger partial charge in [-0.25, -0.2) is 5.01 Å². The first-order valence-electron chi connectivity index (χ1n) is 8.88. The molecule has 0 fully saturated rings. The Hall–Kier alpha value is -2.21. The Morgan fingerprint density at radius 1 is 1.28 bits per heavy atom. The van der Waals surface area contributed by atoms with Crippen molar-refractivity contribution < 1.29 is 14.3 Å². The molecule has 0 spiro atoms. The minimum atomic E-state index is -0.0700.